The number of nitrogens with zero attached hydrogens (tertiary/aromatic N) is 2. The van der Waals surface area contributed by atoms with Crippen LogP contribution in [0.2, 0.25) is 0 Å². The summed E-state index contributed by atoms with van der Waals surface area (Å²) in [5.41, 5.74) is 3.87. The maximum Gasteiger partial charge on any atom is 0.0734 e. The van der Waals surface area contributed by atoms with Crippen LogP contribution in [0, 0.1) is 0 Å². The number of allylic oxidation sites excluding steroid dienone is 2. The zero-order chi connectivity index (χ0) is 15.1. The number of pyridine rings is 2. The van der Waals surface area contributed by atoms with Crippen molar-refractivity contribution in [3.8, 4) is 0 Å². The molecule has 2 aromatic rings. The molecule has 0 atom stereocenters. The molecule has 2 aromatic heterocycles. The van der Waals surface area contributed by atoms with Crippen molar-refractivity contribution in [1.82, 2.24) is 9.97 Å². The lowest BCUT2D eigenvalue weighted by Crippen LogP contribution is -2.18. The van der Waals surface area contributed by atoms with Gasteiger partial charge in [-0.2, -0.15) is 0 Å². The summed E-state index contributed by atoms with van der Waals surface area (Å²) in [6.07, 6.45) is 7.06. The van der Waals surface area contributed by atoms with Crippen molar-refractivity contribution in [2.75, 3.05) is 0 Å². The minimum Gasteiger partial charge on any atom is -0.256 e. The Morgan fingerprint density at radius 2 is 1.33 bits per heavy atom. The Morgan fingerprint density at radius 3 is 1.67 bits per heavy atom. The summed E-state index contributed by atoms with van der Waals surface area (Å²) in [7, 11) is -0.608. The lowest BCUT2D eigenvalue weighted by molar-refractivity contribution is 0.945. The lowest BCUT2D eigenvalue weighted by Gasteiger charge is -2.22. The average Bonchev–Trinajstić information content (AvgIpc) is 2.56. The summed E-state index contributed by atoms with van der Waals surface area (Å²) in [5.74, 6) is 0. The van der Waals surface area contributed by atoms with Crippen LogP contribution in [-0.2, 0) is 0 Å². The summed E-state index contributed by atoms with van der Waals surface area (Å²) in [4.78, 5) is 9.26. The van der Waals surface area contributed by atoms with E-state index in [1.165, 1.54) is 5.31 Å². The first-order chi connectivity index (χ1) is 10.3. The third kappa shape index (κ3) is 3.77. The highest BCUT2D eigenvalue weighted by Gasteiger charge is 2.22. The van der Waals surface area contributed by atoms with Crippen molar-refractivity contribution in [3.63, 3.8) is 0 Å². The SMILES string of the molecule is CCC(CC)=C(CC)P(c1ccccn1)c1ccccn1. The van der Waals surface area contributed by atoms with E-state index in [0.717, 1.165) is 30.1 Å². The largest absolute Gasteiger partial charge is 0.256 e. The molecule has 2 heterocycles. The molecule has 3 heteroatoms. The molecule has 0 spiro atoms. The van der Waals surface area contributed by atoms with Gasteiger partial charge >= 0.3 is 0 Å². The fourth-order valence-corrected chi connectivity index (χ4v) is 5.16. The molecule has 0 fully saturated rings. The van der Waals surface area contributed by atoms with Gasteiger partial charge in [-0.1, -0.05) is 38.5 Å². The maximum absolute atomic E-state index is 4.63. The molecule has 0 amide bonds. The van der Waals surface area contributed by atoms with Gasteiger partial charge in [-0.15, -0.1) is 0 Å². The molecule has 0 aliphatic heterocycles. The molecule has 0 radical (unpaired) electrons. The van der Waals surface area contributed by atoms with E-state index in [0.29, 0.717) is 0 Å². The molecule has 0 aliphatic carbocycles. The highest BCUT2D eigenvalue weighted by atomic mass is 31.1. The molecule has 0 unspecified atom stereocenters. The van der Waals surface area contributed by atoms with Crippen LogP contribution in [0.5, 0.6) is 0 Å². The van der Waals surface area contributed by atoms with Crippen molar-refractivity contribution >= 4 is 18.8 Å². The molecule has 110 valence electrons. The second kappa shape index (κ2) is 8.05. The summed E-state index contributed by atoms with van der Waals surface area (Å²) >= 11 is 0. The van der Waals surface area contributed by atoms with E-state index >= 15 is 0 Å². The Labute approximate surface area is 129 Å². The first-order valence-electron chi connectivity index (χ1n) is 7.64. The molecule has 0 aliphatic rings. The van der Waals surface area contributed by atoms with E-state index in [-0.39, 0.29) is 0 Å². The minimum absolute atomic E-state index is 0.608. The Balaban J connectivity index is 2.59. The Kier molecular flexibility index (Phi) is 6.07. The van der Waals surface area contributed by atoms with E-state index in [1.807, 2.05) is 24.5 Å². The molecule has 0 saturated heterocycles. The smallest absolute Gasteiger partial charge is 0.0734 e. The predicted molar refractivity (Wildman–Crippen MR) is 92.6 cm³/mol. The van der Waals surface area contributed by atoms with Crippen LogP contribution < -0.4 is 10.9 Å². The third-order valence-electron chi connectivity index (χ3n) is 3.62. The van der Waals surface area contributed by atoms with Crippen molar-refractivity contribution in [2.24, 2.45) is 0 Å². The summed E-state index contributed by atoms with van der Waals surface area (Å²) < 4.78 is 0. The summed E-state index contributed by atoms with van der Waals surface area (Å²) in [6, 6.07) is 12.4. The summed E-state index contributed by atoms with van der Waals surface area (Å²) in [5, 5.41) is 1.53. The minimum atomic E-state index is -0.608. The fourth-order valence-electron chi connectivity index (χ4n) is 2.59. The van der Waals surface area contributed by atoms with Crippen LogP contribution in [0.25, 0.3) is 0 Å². The lowest BCUT2D eigenvalue weighted by atomic mass is 10.1. The van der Waals surface area contributed by atoms with Crippen LogP contribution in [0.3, 0.4) is 0 Å². The van der Waals surface area contributed by atoms with Gasteiger partial charge in [-0.05, 0) is 48.8 Å². The predicted octanol–water partition coefficient (Wildman–Crippen LogP) is 4.39. The van der Waals surface area contributed by atoms with Gasteiger partial charge in [0.25, 0.3) is 0 Å². The molecule has 0 N–H and O–H groups in total. The first-order valence-corrected chi connectivity index (χ1v) is 8.99. The standard InChI is InChI=1S/C18H23N2P/c1-4-15(5-2)16(6-3)21(17-11-7-9-13-19-17)18-12-8-10-14-20-18/h7-14H,4-6H2,1-3H3. The van der Waals surface area contributed by atoms with Gasteiger partial charge in [0.05, 0.1) is 10.9 Å². The van der Waals surface area contributed by atoms with E-state index in [9.17, 15) is 0 Å². The average molecular weight is 298 g/mol. The molecule has 2 nitrogen and oxygen atoms in total. The van der Waals surface area contributed by atoms with E-state index in [4.69, 9.17) is 0 Å². The van der Waals surface area contributed by atoms with Crippen LogP contribution in [0.1, 0.15) is 40.0 Å². The monoisotopic (exact) mass is 298 g/mol. The second-order valence-electron chi connectivity index (χ2n) is 4.82. The molecule has 2 rings (SSSR count). The topological polar surface area (TPSA) is 25.8 Å². The van der Waals surface area contributed by atoms with E-state index < -0.39 is 7.92 Å². The van der Waals surface area contributed by atoms with Crippen molar-refractivity contribution < 1.29 is 0 Å². The Hall–Kier alpha value is -1.53. The molecule has 0 bridgehead atoms. The first kappa shape index (κ1) is 15.9. The van der Waals surface area contributed by atoms with Crippen LogP contribution in [0.15, 0.2) is 59.7 Å². The van der Waals surface area contributed by atoms with Gasteiger partial charge in [-0.3, -0.25) is 9.97 Å². The fraction of sp³-hybridized carbons (Fsp3) is 0.333. The molecule has 0 aromatic carbocycles. The Morgan fingerprint density at radius 1 is 0.810 bits per heavy atom. The van der Waals surface area contributed by atoms with Gasteiger partial charge < -0.3 is 0 Å². The number of hydrogen-bond donors (Lipinski definition) is 0. The van der Waals surface area contributed by atoms with Gasteiger partial charge in [0.1, 0.15) is 0 Å². The highest BCUT2D eigenvalue weighted by Crippen LogP contribution is 2.46. The summed E-state index contributed by atoms with van der Waals surface area (Å²) in [6.45, 7) is 6.75. The number of rotatable bonds is 6. The highest BCUT2D eigenvalue weighted by molar-refractivity contribution is 7.76. The maximum atomic E-state index is 4.63. The molecular formula is C18H23N2P. The van der Waals surface area contributed by atoms with Gasteiger partial charge in [-0.25, -0.2) is 0 Å². The van der Waals surface area contributed by atoms with Crippen molar-refractivity contribution in [3.05, 3.63) is 59.7 Å². The van der Waals surface area contributed by atoms with Gasteiger partial charge in [0.15, 0.2) is 0 Å². The van der Waals surface area contributed by atoms with Crippen LogP contribution in [0.4, 0.5) is 0 Å². The number of hydrogen-bond acceptors (Lipinski definition) is 2. The van der Waals surface area contributed by atoms with E-state index in [2.05, 4.69) is 55.0 Å². The molecule has 0 saturated carbocycles. The van der Waals surface area contributed by atoms with Gasteiger partial charge in [0.2, 0.25) is 0 Å². The molecular weight excluding hydrogens is 275 g/mol. The quantitative estimate of drug-likeness (QED) is 0.739. The molecule has 21 heavy (non-hydrogen) atoms. The van der Waals surface area contributed by atoms with Crippen molar-refractivity contribution in [1.29, 1.82) is 0 Å². The van der Waals surface area contributed by atoms with Crippen LogP contribution in [-0.4, -0.2) is 9.97 Å². The number of aromatic nitrogens is 2. The van der Waals surface area contributed by atoms with Gasteiger partial charge in [0, 0.05) is 20.3 Å². The zero-order valence-corrected chi connectivity index (χ0v) is 14.0. The van der Waals surface area contributed by atoms with E-state index in [1.54, 1.807) is 5.57 Å². The normalized spacial score (nSPS) is 10.7. The Bertz CT molecular complexity index is 533. The zero-order valence-electron chi connectivity index (χ0n) is 13.1. The van der Waals surface area contributed by atoms with Crippen LogP contribution >= 0.6 is 7.92 Å². The second-order valence-corrected chi connectivity index (χ2v) is 6.95. The van der Waals surface area contributed by atoms with Crippen molar-refractivity contribution in [2.45, 2.75) is 40.0 Å². The third-order valence-corrected chi connectivity index (χ3v) is 6.24.